The zero-order valence-electron chi connectivity index (χ0n) is 13.1. The van der Waals surface area contributed by atoms with Crippen LogP contribution >= 0.6 is 0 Å². The minimum Gasteiger partial charge on any atom is -0.496 e. The van der Waals surface area contributed by atoms with Crippen LogP contribution in [0, 0.1) is 13.8 Å². The summed E-state index contributed by atoms with van der Waals surface area (Å²) < 4.78 is 5.35. The molecule has 0 radical (unpaired) electrons. The number of hydrogen-bond acceptors (Lipinski definition) is 4. The number of nitrogens with zero attached hydrogens (tertiary/aromatic N) is 2. The number of hydrogen-bond donors (Lipinski definition) is 1. The maximum atomic E-state index is 10.7. The Labute approximate surface area is 130 Å². The Kier molecular flexibility index (Phi) is 5.09. The highest BCUT2D eigenvalue weighted by Crippen LogP contribution is 2.21. The summed E-state index contributed by atoms with van der Waals surface area (Å²) in [6, 6.07) is 7.79. The number of rotatable bonds is 6. The third-order valence-corrected chi connectivity index (χ3v) is 3.60. The van der Waals surface area contributed by atoms with Crippen molar-refractivity contribution in [1.82, 2.24) is 9.97 Å². The van der Waals surface area contributed by atoms with Gasteiger partial charge in [0.25, 0.3) is 0 Å². The molecule has 0 atom stereocenters. The smallest absolute Gasteiger partial charge is 0.303 e. The van der Waals surface area contributed by atoms with Crippen molar-refractivity contribution in [3.8, 4) is 5.75 Å². The lowest BCUT2D eigenvalue weighted by molar-refractivity contribution is -0.136. The fourth-order valence-electron chi connectivity index (χ4n) is 2.50. The number of carboxylic acid groups (broad SMARTS) is 1. The maximum Gasteiger partial charge on any atom is 0.303 e. The van der Waals surface area contributed by atoms with Gasteiger partial charge in [0.05, 0.1) is 7.11 Å². The molecule has 0 bridgehead atoms. The Balaban J connectivity index is 2.24. The van der Waals surface area contributed by atoms with E-state index in [-0.39, 0.29) is 6.42 Å². The highest BCUT2D eigenvalue weighted by molar-refractivity contribution is 5.67. The summed E-state index contributed by atoms with van der Waals surface area (Å²) in [5, 5.41) is 8.81. The third-order valence-electron chi connectivity index (χ3n) is 3.60. The van der Waals surface area contributed by atoms with Crippen LogP contribution in [-0.4, -0.2) is 28.2 Å². The number of carboxylic acids is 1. The van der Waals surface area contributed by atoms with Crippen LogP contribution < -0.4 is 4.74 Å². The zero-order valence-corrected chi connectivity index (χ0v) is 13.1. The first-order valence-electron chi connectivity index (χ1n) is 7.18. The summed E-state index contributed by atoms with van der Waals surface area (Å²) >= 11 is 0. The number of ether oxygens (including phenoxy) is 1. The van der Waals surface area contributed by atoms with E-state index in [4.69, 9.17) is 9.84 Å². The predicted octanol–water partition coefficient (Wildman–Crippen LogP) is 2.71. The summed E-state index contributed by atoms with van der Waals surface area (Å²) in [6.07, 6.45) is 1.14. The van der Waals surface area contributed by atoms with E-state index in [1.54, 1.807) is 7.11 Å². The predicted molar refractivity (Wildman–Crippen MR) is 83.3 cm³/mol. The largest absolute Gasteiger partial charge is 0.496 e. The summed E-state index contributed by atoms with van der Waals surface area (Å²) in [7, 11) is 1.64. The molecule has 1 N–H and O–H groups in total. The molecule has 0 fully saturated rings. The normalized spacial score (nSPS) is 10.5. The van der Waals surface area contributed by atoms with Crippen LogP contribution in [0.3, 0.4) is 0 Å². The molecular formula is C17H20N2O3. The van der Waals surface area contributed by atoms with Crippen LogP contribution in [0.25, 0.3) is 0 Å². The first-order valence-corrected chi connectivity index (χ1v) is 7.18. The van der Waals surface area contributed by atoms with E-state index in [0.29, 0.717) is 12.8 Å². The Hall–Kier alpha value is -2.43. The molecule has 0 spiro atoms. The number of aryl methyl sites for hydroxylation is 2. The van der Waals surface area contributed by atoms with Gasteiger partial charge in [0.15, 0.2) is 0 Å². The second kappa shape index (κ2) is 7.02. The number of aromatic nitrogens is 2. The van der Waals surface area contributed by atoms with Crippen molar-refractivity contribution in [2.45, 2.75) is 33.1 Å². The van der Waals surface area contributed by atoms with Crippen molar-refractivity contribution >= 4 is 5.97 Å². The van der Waals surface area contributed by atoms with Crippen LogP contribution in [0.5, 0.6) is 5.75 Å². The molecule has 5 nitrogen and oxygen atoms in total. The molecule has 116 valence electrons. The molecule has 0 aliphatic heterocycles. The third kappa shape index (κ3) is 3.81. The average molecular weight is 300 g/mol. The number of carbonyl (C=O) groups is 1. The monoisotopic (exact) mass is 300 g/mol. The highest BCUT2D eigenvalue weighted by atomic mass is 16.5. The van der Waals surface area contributed by atoms with E-state index in [0.717, 1.165) is 34.1 Å². The van der Waals surface area contributed by atoms with Crippen molar-refractivity contribution < 1.29 is 14.6 Å². The van der Waals surface area contributed by atoms with Gasteiger partial charge in [-0.25, -0.2) is 9.97 Å². The second-order valence-corrected chi connectivity index (χ2v) is 5.17. The summed E-state index contributed by atoms with van der Waals surface area (Å²) in [6.45, 7) is 3.80. The molecule has 5 heteroatoms. The van der Waals surface area contributed by atoms with Gasteiger partial charge in [0, 0.05) is 29.8 Å². The molecular weight excluding hydrogens is 280 g/mol. The van der Waals surface area contributed by atoms with Crippen LogP contribution in [0.15, 0.2) is 24.3 Å². The standard InChI is InChI=1S/C17H20N2O3/c1-11-14(8-9-17(20)21)12(2)19-16(18-11)10-13-6-4-5-7-15(13)22-3/h4-7H,8-10H2,1-3H3,(H,20,21). The topological polar surface area (TPSA) is 72.3 Å². The molecule has 0 aliphatic rings. The molecule has 0 saturated heterocycles. The van der Waals surface area contributed by atoms with E-state index in [2.05, 4.69) is 9.97 Å². The van der Waals surface area contributed by atoms with Gasteiger partial charge in [-0.05, 0) is 31.9 Å². The van der Waals surface area contributed by atoms with E-state index < -0.39 is 5.97 Å². The fraction of sp³-hybridized carbons (Fsp3) is 0.353. The molecule has 0 aliphatic carbocycles. The molecule has 1 aromatic carbocycles. The van der Waals surface area contributed by atoms with E-state index in [1.165, 1.54) is 0 Å². The highest BCUT2D eigenvalue weighted by Gasteiger charge is 2.12. The number of para-hydroxylation sites is 1. The van der Waals surface area contributed by atoms with Crippen LogP contribution in [0.4, 0.5) is 0 Å². The van der Waals surface area contributed by atoms with Gasteiger partial charge in [-0.1, -0.05) is 18.2 Å². The van der Waals surface area contributed by atoms with Crippen molar-refractivity contribution in [2.75, 3.05) is 7.11 Å². The minimum atomic E-state index is -0.808. The maximum absolute atomic E-state index is 10.7. The van der Waals surface area contributed by atoms with E-state index in [1.807, 2.05) is 38.1 Å². The van der Waals surface area contributed by atoms with Crippen molar-refractivity contribution in [3.63, 3.8) is 0 Å². The second-order valence-electron chi connectivity index (χ2n) is 5.17. The van der Waals surface area contributed by atoms with Crippen molar-refractivity contribution in [3.05, 3.63) is 52.6 Å². The molecule has 0 amide bonds. The Morgan fingerprint density at radius 1 is 1.18 bits per heavy atom. The van der Waals surface area contributed by atoms with Gasteiger partial charge in [-0.2, -0.15) is 0 Å². The SMILES string of the molecule is COc1ccccc1Cc1nc(C)c(CCC(=O)O)c(C)n1. The lowest BCUT2D eigenvalue weighted by Gasteiger charge is -2.11. The quantitative estimate of drug-likeness (QED) is 0.888. The van der Waals surface area contributed by atoms with E-state index >= 15 is 0 Å². The summed E-state index contributed by atoms with van der Waals surface area (Å²) in [5.41, 5.74) is 3.64. The molecule has 1 heterocycles. The molecule has 22 heavy (non-hydrogen) atoms. The van der Waals surface area contributed by atoms with Gasteiger partial charge in [0.1, 0.15) is 11.6 Å². The van der Waals surface area contributed by atoms with Crippen LogP contribution in [0.2, 0.25) is 0 Å². The minimum absolute atomic E-state index is 0.0941. The molecule has 0 saturated carbocycles. The lowest BCUT2D eigenvalue weighted by Crippen LogP contribution is -2.08. The summed E-state index contributed by atoms with van der Waals surface area (Å²) in [5.74, 6) is 0.729. The number of methoxy groups -OCH3 is 1. The van der Waals surface area contributed by atoms with Crippen LogP contribution in [0.1, 0.15) is 34.8 Å². The number of benzene rings is 1. The van der Waals surface area contributed by atoms with E-state index in [9.17, 15) is 4.79 Å². The fourth-order valence-corrected chi connectivity index (χ4v) is 2.50. The first-order chi connectivity index (χ1) is 10.5. The Bertz CT molecular complexity index is 660. The average Bonchev–Trinajstić information content (AvgIpc) is 2.46. The lowest BCUT2D eigenvalue weighted by atomic mass is 10.1. The Morgan fingerprint density at radius 3 is 2.41 bits per heavy atom. The van der Waals surface area contributed by atoms with Crippen LogP contribution in [-0.2, 0) is 17.6 Å². The van der Waals surface area contributed by atoms with Crippen molar-refractivity contribution in [1.29, 1.82) is 0 Å². The van der Waals surface area contributed by atoms with Crippen molar-refractivity contribution in [2.24, 2.45) is 0 Å². The van der Waals surface area contributed by atoms with Gasteiger partial charge >= 0.3 is 5.97 Å². The summed E-state index contributed by atoms with van der Waals surface area (Å²) in [4.78, 5) is 19.8. The Morgan fingerprint density at radius 2 is 1.82 bits per heavy atom. The number of aliphatic carboxylic acids is 1. The first kappa shape index (κ1) is 15.9. The zero-order chi connectivity index (χ0) is 16.1. The molecule has 0 unspecified atom stereocenters. The van der Waals surface area contributed by atoms with Gasteiger partial charge in [-0.15, -0.1) is 0 Å². The van der Waals surface area contributed by atoms with Gasteiger partial charge in [0.2, 0.25) is 0 Å². The van der Waals surface area contributed by atoms with Gasteiger partial charge < -0.3 is 9.84 Å². The molecule has 2 aromatic rings. The molecule has 2 rings (SSSR count). The molecule has 1 aromatic heterocycles. The van der Waals surface area contributed by atoms with Gasteiger partial charge in [-0.3, -0.25) is 4.79 Å².